The van der Waals surface area contributed by atoms with Crippen LogP contribution in [0, 0.1) is 0 Å². The minimum atomic E-state index is -4.57. The third-order valence-corrected chi connectivity index (χ3v) is 3.25. The fraction of sp³-hybridized carbons (Fsp3) is 0.200. The predicted molar refractivity (Wildman–Crippen MR) is 60.7 cm³/mol. The zero-order valence-electron chi connectivity index (χ0n) is 9.59. The van der Waals surface area contributed by atoms with Crippen LogP contribution in [0.15, 0.2) is 23.4 Å². The molecule has 3 aromatic heterocycles. The number of nitrogens with zero attached hydrogens (tertiary/aromatic N) is 5. The van der Waals surface area contributed by atoms with Crippen molar-refractivity contribution in [2.24, 2.45) is 7.05 Å². The Morgan fingerprint density at radius 3 is 2.47 bits per heavy atom. The molecule has 0 aliphatic carbocycles. The molecule has 98 valence electrons. The van der Waals surface area contributed by atoms with E-state index in [9.17, 15) is 13.2 Å². The number of aryl methyl sites for hydroxylation is 1. The van der Waals surface area contributed by atoms with E-state index in [2.05, 4.69) is 15.0 Å². The van der Waals surface area contributed by atoms with Gasteiger partial charge in [0.15, 0.2) is 5.69 Å². The summed E-state index contributed by atoms with van der Waals surface area (Å²) in [4.78, 5) is 11.5. The number of aromatic nitrogens is 5. The fourth-order valence-electron chi connectivity index (χ4n) is 1.67. The Bertz CT molecular complexity index is 745. The Hall–Kier alpha value is -2.03. The average Bonchev–Trinajstić information content (AvgIpc) is 2.93. The van der Waals surface area contributed by atoms with Gasteiger partial charge in [0, 0.05) is 10.8 Å². The third kappa shape index (κ3) is 1.95. The standard InChI is InChI=1S/C10H7F3N5S/c1-17-4-14-5-18(17)9-8(10(11,12)13)15-6-2-19-3-7(6)16-9/h2-5H,1H3/q+1. The molecule has 0 bridgehead atoms. The van der Waals surface area contributed by atoms with Gasteiger partial charge in [-0.2, -0.15) is 17.9 Å². The van der Waals surface area contributed by atoms with Crippen molar-refractivity contribution in [3.05, 3.63) is 29.1 Å². The molecule has 0 aromatic carbocycles. The molecule has 0 fully saturated rings. The molecule has 0 radical (unpaired) electrons. The van der Waals surface area contributed by atoms with E-state index in [4.69, 9.17) is 0 Å². The molecule has 0 amide bonds. The second-order valence-electron chi connectivity index (χ2n) is 3.83. The molecule has 5 nitrogen and oxygen atoms in total. The van der Waals surface area contributed by atoms with E-state index in [-0.39, 0.29) is 11.3 Å². The van der Waals surface area contributed by atoms with E-state index in [0.29, 0.717) is 5.52 Å². The normalized spacial score (nSPS) is 12.2. The highest BCUT2D eigenvalue weighted by Crippen LogP contribution is 2.32. The minimum Gasteiger partial charge on any atom is -0.237 e. The zero-order valence-corrected chi connectivity index (χ0v) is 10.4. The lowest BCUT2D eigenvalue weighted by Crippen LogP contribution is -2.38. The summed E-state index contributed by atoms with van der Waals surface area (Å²) in [6.45, 7) is 0. The van der Waals surface area contributed by atoms with Gasteiger partial charge in [-0.15, -0.1) is 16.0 Å². The summed E-state index contributed by atoms with van der Waals surface area (Å²) in [6, 6.07) is 0. The molecule has 0 aliphatic heterocycles. The minimum absolute atomic E-state index is 0.240. The third-order valence-electron chi connectivity index (χ3n) is 2.53. The first-order chi connectivity index (χ1) is 8.97. The summed E-state index contributed by atoms with van der Waals surface area (Å²) in [7, 11) is 1.58. The van der Waals surface area contributed by atoms with Crippen LogP contribution in [0.3, 0.4) is 0 Å². The first-order valence-corrected chi connectivity index (χ1v) is 6.11. The second-order valence-corrected chi connectivity index (χ2v) is 4.58. The molecule has 0 spiro atoms. The van der Waals surface area contributed by atoms with Crippen LogP contribution in [0.2, 0.25) is 0 Å². The summed E-state index contributed by atoms with van der Waals surface area (Å²) < 4.78 is 41.8. The molecule has 19 heavy (non-hydrogen) atoms. The number of halogens is 3. The van der Waals surface area contributed by atoms with Crippen LogP contribution in [0.5, 0.6) is 0 Å². The number of alkyl halides is 3. The second kappa shape index (κ2) is 3.98. The zero-order chi connectivity index (χ0) is 13.6. The Kier molecular flexibility index (Phi) is 2.52. The molecule has 0 unspecified atom stereocenters. The van der Waals surface area contributed by atoms with Gasteiger partial charge in [-0.05, 0) is 4.98 Å². The molecule has 0 N–H and O–H groups in total. The van der Waals surface area contributed by atoms with Crippen LogP contribution >= 0.6 is 11.3 Å². The van der Waals surface area contributed by atoms with Crippen molar-refractivity contribution in [1.82, 2.24) is 19.6 Å². The SMILES string of the molecule is C[n+]1cncn1-c1nc2cscc2nc1C(F)(F)F. The smallest absolute Gasteiger partial charge is 0.237 e. The Balaban J connectivity index is 2.35. The molecule has 0 saturated carbocycles. The first kappa shape index (κ1) is 12.0. The summed E-state index contributed by atoms with van der Waals surface area (Å²) in [5.74, 6) is -0.279. The molecule has 0 atom stereocenters. The number of rotatable bonds is 1. The highest BCUT2D eigenvalue weighted by molar-refractivity contribution is 7.09. The van der Waals surface area contributed by atoms with E-state index in [1.807, 2.05) is 0 Å². The lowest BCUT2D eigenvalue weighted by molar-refractivity contribution is -0.745. The monoisotopic (exact) mass is 286 g/mol. The van der Waals surface area contributed by atoms with Gasteiger partial charge in [0.2, 0.25) is 12.1 Å². The predicted octanol–water partition coefficient (Wildman–Crippen LogP) is 1.72. The van der Waals surface area contributed by atoms with Gasteiger partial charge in [0.05, 0.1) is 0 Å². The van der Waals surface area contributed by atoms with Crippen molar-refractivity contribution in [3.63, 3.8) is 0 Å². The van der Waals surface area contributed by atoms with Gasteiger partial charge in [-0.1, -0.05) is 0 Å². The molecule has 0 aliphatic rings. The van der Waals surface area contributed by atoms with Gasteiger partial charge in [-0.3, -0.25) is 0 Å². The first-order valence-electron chi connectivity index (χ1n) is 5.16. The van der Waals surface area contributed by atoms with Crippen molar-refractivity contribution in [2.75, 3.05) is 0 Å². The molecule has 9 heteroatoms. The van der Waals surface area contributed by atoms with E-state index < -0.39 is 11.9 Å². The number of fused-ring (bicyclic) bond motifs is 1. The Morgan fingerprint density at radius 1 is 1.21 bits per heavy atom. The number of hydrogen-bond acceptors (Lipinski definition) is 4. The van der Waals surface area contributed by atoms with Crippen molar-refractivity contribution in [3.8, 4) is 5.82 Å². The molecular formula is C10H7F3N5S+. The number of hydrogen-bond donors (Lipinski definition) is 0. The topological polar surface area (TPSA) is 47.5 Å². The largest absolute Gasteiger partial charge is 0.437 e. The Morgan fingerprint density at radius 2 is 1.89 bits per heavy atom. The Labute approximate surface area is 109 Å². The van der Waals surface area contributed by atoms with Gasteiger partial charge in [0.25, 0.3) is 0 Å². The summed E-state index contributed by atoms with van der Waals surface area (Å²) >= 11 is 1.26. The average molecular weight is 286 g/mol. The summed E-state index contributed by atoms with van der Waals surface area (Å²) in [5, 5.41) is 3.19. The fourth-order valence-corrected chi connectivity index (χ4v) is 2.34. The highest BCUT2D eigenvalue weighted by atomic mass is 32.1. The van der Waals surface area contributed by atoms with Crippen LogP contribution in [0.25, 0.3) is 16.9 Å². The van der Waals surface area contributed by atoms with Crippen molar-refractivity contribution in [2.45, 2.75) is 6.18 Å². The van der Waals surface area contributed by atoms with Crippen molar-refractivity contribution in [1.29, 1.82) is 0 Å². The van der Waals surface area contributed by atoms with Gasteiger partial charge < -0.3 is 0 Å². The highest BCUT2D eigenvalue weighted by Gasteiger charge is 2.38. The van der Waals surface area contributed by atoms with Crippen molar-refractivity contribution >= 4 is 22.4 Å². The lowest BCUT2D eigenvalue weighted by atomic mass is 10.3. The molecule has 3 heterocycles. The van der Waals surface area contributed by atoms with E-state index in [0.717, 1.165) is 0 Å². The van der Waals surface area contributed by atoms with E-state index in [1.54, 1.807) is 12.4 Å². The van der Waals surface area contributed by atoms with E-state index in [1.165, 1.54) is 38.7 Å². The van der Waals surface area contributed by atoms with Crippen LogP contribution in [-0.2, 0) is 13.2 Å². The van der Waals surface area contributed by atoms with Crippen molar-refractivity contribution < 1.29 is 17.9 Å². The van der Waals surface area contributed by atoms with Gasteiger partial charge >= 0.3 is 12.5 Å². The number of thiophene rings is 1. The summed E-state index contributed by atoms with van der Waals surface area (Å²) in [6.07, 6.45) is -1.92. The van der Waals surface area contributed by atoms with Crippen LogP contribution in [-0.4, -0.2) is 19.6 Å². The van der Waals surface area contributed by atoms with Crippen LogP contribution in [0.4, 0.5) is 13.2 Å². The maximum absolute atomic E-state index is 13.1. The maximum Gasteiger partial charge on any atom is 0.437 e. The molecule has 3 aromatic rings. The van der Waals surface area contributed by atoms with E-state index >= 15 is 0 Å². The van der Waals surface area contributed by atoms with Crippen LogP contribution in [0.1, 0.15) is 5.69 Å². The lowest BCUT2D eigenvalue weighted by Gasteiger charge is -2.10. The van der Waals surface area contributed by atoms with Crippen LogP contribution < -0.4 is 4.68 Å². The maximum atomic E-state index is 13.1. The molecular weight excluding hydrogens is 279 g/mol. The van der Waals surface area contributed by atoms with Gasteiger partial charge in [0.1, 0.15) is 18.1 Å². The molecule has 3 rings (SSSR count). The summed E-state index contributed by atoms with van der Waals surface area (Å²) in [5.41, 5.74) is -0.349. The van der Waals surface area contributed by atoms with Gasteiger partial charge in [-0.25, -0.2) is 9.97 Å². The quantitative estimate of drug-likeness (QED) is 0.640. The molecule has 0 saturated heterocycles.